The average molecular weight is 261 g/mol. The third-order valence-corrected chi connectivity index (χ3v) is 6.09. The van der Waals surface area contributed by atoms with Crippen LogP contribution in [0.1, 0.15) is 23.2 Å². The van der Waals surface area contributed by atoms with E-state index >= 15 is 0 Å². The first kappa shape index (κ1) is 9.13. The molecule has 0 spiro atoms. The van der Waals surface area contributed by atoms with Gasteiger partial charge in [-0.3, -0.25) is 0 Å². The highest BCUT2D eigenvalue weighted by Gasteiger charge is 2.25. The lowest BCUT2D eigenvalue weighted by Crippen LogP contribution is -1.83. The van der Waals surface area contributed by atoms with Crippen molar-refractivity contribution >= 4 is 30.7 Å². The Bertz CT molecular complexity index is 286. The molecule has 0 fully saturated rings. The van der Waals surface area contributed by atoms with Crippen molar-refractivity contribution in [3.8, 4) is 0 Å². The van der Waals surface area contributed by atoms with E-state index in [2.05, 4.69) is 48.7 Å². The summed E-state index contributed by atoms with van der Waals surface area (Å²) in [5.41, 5.74) is 3.88. The second-order valence-electron chi connectivity index (χ2n) is 3.10. The van der Waals surface area contributed by atoms with Crippen LogP contribution in [0.15, 0.2) is 24.3 Å². The standard InChI is InChI=1S/C9H11BrP2/c10-12(11)9-6-5-7-3-1-2-4-8(7)9/h1-4,9H,5-6,11H2. The van der Waals surface area contributed by atoms with E-state index in [1.54, 1.807) is 11.1 Å². The molecule has 0 nitrogen and oxygen atoms in total. The van der Waals surface area contributed by atoms with Crippen molar-refractivity contribution in [3.63, 3.8) is 0 Å². The first-order chi connectivity index (χ1) is 5.79. The Morgan fingerprint density at radius 3 is 2.92 bits per heavy atom. The summed E-state index contributed by atoms with van der Waals surface area (Å²) in [4.78, 5) is 0. The van der Waals surface area contributed by atoms with Crippen LogP contribution in [0.2, 0.25) is 0 Å². The number of rotatable bonds is 1. The highest BCUT2D eigenvalue weighted by molar-refractivity contribution is 9.44. The maximum atomic E-state index is 3.70. The number of fused-ring (bicyclic) bond motifs is 1. The van der Waals surface area contributed by atoms with Gasteiger partial charge in [-0.15, -0.1) is 0 Å². The van der Waals surface area contributed by atoms with Gasteiger partial charge < -0.3 is 0 Å². The lowest BCUT2D eigenvalue weighted by Gasteiger charge is -2.13. The summed E-state index contributed by atoms with van der Waals surface area (Å²) in [5.74, 6) is 0. The second kappa shape index (κ2) is 3.74. The van der Waals surface area contributed by atoms with Crippen LogP contribution < -0.4 is 0 Å². The fourth-order valence-electron chi connectivity index (χ4n) is 1.79. The average Bonchev–Trinajstić information content (AvgIpc) is 2.47. The molecule has 1 aromatic carbocycles. The third kappa shape index (κ3) is 1.60. The van der Waals surface area contributed by atoms with Gasteiger partial charge in [0.1, 0.15) is 0 Å². The minimum atomic E-state index is -0.0590. The molecule has 0 saturated heterocycles. The zero-order valence-electron chi connectivity index (χ0n) is 6.70. The number of hydrogen-bond donors (Lipinski definition) is 0. The van der Waals surface area contributed by atoms with Gasteiger partial charge in [0.2, 0.25) is 0 Å². The van der Waals surface area contributed by atoms with E-state index in [4.69, 9.17) is 0 Å². The monoisotopic (exact) mass is 260 g/mol. The van der Waals surface area contributed by atoms with Gasteiger partial charge in [0.05, 0.1) is 0 Å². The van der Waals surface area contributed by atoms with Crippen molar-refractivity contribution in [2.75, 3.05) is 0 Å². The first-order valence-corrected chi connectivity index (χ1v) is 9.11. The first-order valence-electron chi connectivity index (χ1n) is 4.06. The van der Waals surface area contributed by atoms with Crippen LogP contribution in [0.4, 0.5) is 0 Å². The van der Waals surface area contributed by atoms with Crippen LogP contribution in [0.25, 0.3) is 0 Å². The highest BCUT2D eigenvalue weighted by Crippen LogP contribution is 2.67. The van der Waals surface area contributed by atoms with E-state index in [9.17, 15) is 0 Å². The molecule has 0 radical (unpaired) electrons. The van der Waals surface area contributed by atoms with Crippen molar-refractivity contribution < 1.29 is 0 Å². The van der Waals surface area contributed by atoms with E-state index in [0.717, 1.165) is 5.66 Å². The predicted octanol–water partition coefficient (Wildman–Crippen LogP) is 4.26. The Labute approximate surface area is 84.7 Å². The number of hydrogen-bond acceptors (Lipinski definition) is 0. The normalized spacial score (nSPS) is 23.7. The number of aryl methyl sites for hydroxylation is 1. The highest BCUT2D eigenvalue weighted by atomic mass is 79.9. The number of benzene rings is 1. The fraction of sp³-hybridized carbons (Fsp3) is 0.333. The van der Waals surface area contributed by atoms with Crippen molar-refractivity contribution in [2.45, 2.75) is 18.5 Å². The Hall–Kier alpha value is 0.560. The molecule has 0 aliphatic heterocycles. The maximum Gasteiger partial charge on any atom is 0.0180 e. The maximum absolute atomic E-state index is 3.70. The Morgan fingerprint density at radius 2 is 2.17 bits per heavy atom. The van der Waals surface area contributed by atoms with Crippen LogP contribution >= 0.6 is 30.7 Å². The van der Waals surface area contributed by atoms with E-state index < -0.39 is 0 Å². The summed E-state index contributed by atoms with van der Waals surface area (Å²) in [7, 11) is 2.91. The van der Waals surface area contributed by atoms with Gasteiger partial charge in [-0.1, -0.05) is 48.7 Å². The summed E-state index contributed by atoms with van der Waals surface area (Å²) in [5, 5.41) is 0. The van der Waals surface area contributed by atoms with E-state index in [-0.39, 0.29) is 6.31 Å². The summed E-state index contributed by atoms with van der Waals surface area (Å²) < 4.78 is 0. The molecule has 0 N–H and O–H groups in total. The van der Waals surface area contributed by atoms with Crippen molar-refractivity contribution in [1.29, 1.82) is 0 Å². The van der Waals surface area contributed by atoms with Crippen molar-refractivity contribution in [2.24, 2.45) is 0 Å². The van der Waals surface area contributed by atoms with Gasteiger partial charge >= 0.3 is 0 Å². The van der Waals surface area contributed by atoms with Gasteiger partial charge in [0.25, 0.3) is 0 Å². The molecule has 0 heterocycles. The molecule has 3 unspecified atom stereocenters. The molecule has 0 aromatic heterocycles. The molecule has 1 aromatic rings. The molecule has 0 bridgehead atoms. The van der Waals surface area contributed by atoms with Crippen molar-refractivity contribution in [1.82, 2.24) is 0 Å². The zero-order valence-corrected chi connectivity index (χ0v) is 10.3. The van der Waals surface area contributed by atoms with E-state index in [0.29, 0.717) is 0 Å². The van der Waals surface area contributed by atoms with Gasteiger partial charge in [0.15, 0.2) is 0 Å². The molecular formula is C9H11BrP2. The predicted molar refractivity (Wildman–Crippen MR) is 63.1 cm³/mol. The quantitative estimate of drug-likeness (QED) is 0.662. The summed E-state index contributed by atoms with van der Waals surface area (Å²) in [6.07, 6.45) is 2.52. The SMILES string of the molecule is PP(Br)C1CCc2ccccc21. The minimum Gasteiger partial charge on any atom is -0.0992 e. The lowest BCUT2D eigenvalue weighted by molar-refractivity contribution is 0.890. The van der Waals surface area contributed by atoms with Crippen molar-refractivity contribution in [3.05, 3.63) is 35.4 Å². The Balaban J connectivity index is 2.36. The Kier molecular flexibility index (Phi) is 2.85. The Morgan fingerprint density at radius 1 is 1.42 bits per heavy atom. The molecular weight excluding hydrogens is 250 g/mol. The summed E-state index contributed by atoms with van der Waals surface area (Å²) in [6.45, 7) is 0. The molecule has 12 heavy (non-hydrogen) atoms. The lowest BCUT2D eigenvalue weighted by atomic mass is 10.1. The topological polar surface area (TPSA) is 0 Å². The van der Waals surface area contributed by atoms with E-state index in [1.807, 2.05) is 0 Å². The third-order valence-electron chi connectivity index (χ3n) is 2.40. The molecule has 3 heteroatoms. The summed E-state index contributed by atoms with van der Waals surface area (Å²) >= 11 is 3.70. The largest absolute Gasteiger partial charge is 0.0992 e. The molecule has 1 aliphatic carbocycles. The van der Waals surface area contributed by atoms with E-state index in [1.165, 1.54) is 12.8 Å². The van der Waals surface area contributed by atoms with Crippen LogP contribution in [0, 0.1) is 0 Å². The van der Waals surface area contributed by atoms with Crippen LogP contribution in [0.3, 0.4) is 0 Å². The molecule has 64 valence electrons. The molecule has 0 amide bonds. The summed E-state index contributed by atoms with van der Waals surface area (Å²) in [6, 6.07) is 8.81. The smallest absolute Gasteiger partial charge is 0.0180 e. The molecule has 2 rings (SSSR count). The molecule has 1 aliphatic rings. The fourth-order valence-corrected chi connectivity index (χ4v) is 4.89. The molecule has 0 saturated carbocycles. The van der Waals surface area contributed by atoms with Gasteiger partial charge in [-0.05, 0) is 30.3 Å². The van der Waals surface area contributed by atoms with Crippen LogP contribution in [0.5, 0.6) is 0 Å². The zero-order chi connectivity index (χ0) is 8.55. The molecule has 3 atom stereocenters. The van der Waals surface area contributed by atoms with Crippen LogP contribution in [-0.4, -0.2) is 0 Å². The van der Waals surface area contributed by atoms with Gasteiger partial charge in [-0.25, -0.2) is 0 Å². The van der Waals surface area contributed by atoms with Gasteiger partial charge in [0, 0.05) is 5.66 Å². The van der Waals surface area contributed by atoms with Gasteiger partial charge in [-0.2, -0.15) is 0 Å². The minimum absolute atomic E-state index is 0.0590. The number of halogens is 1. The van der Waals surface area contributed by atoms with Crippen LogP contribution in [-0.2, 0) is 6.42 Å². The second-order valence-corrected chi connectivity index (χ2v) is 10.8.